The molecule has 3 heteroatoms. The van der Waals surface area contributed by atoms with Crippen molar-refractivity contribution in [3.63, 3.8) is 0 Å². The Balaban J connectivity index is 1.64. The molecule has 1 heterocycles. The van der Waals surface area contributed by atoms with Gasteiger partial charge in [0.05, 0.1) is 6.04 Å². The summed E-state index contributed by atoms with van der Waals surface area (Å²) in [5.74, 6) is 0.0275. The highest BCUT2D eigenvalue weighted by Gasteiger charge is 2.23. The average Bonchev–Trinajstić information content (AvgIpc) is 3.21. The summed E-state index contributed by atoms with van der Waals surface area (Å²) < 4.78 is 0. The second-order valence-corrected chi connectivity index (χ2v) is 9.62. The van der Waals surface area contributed by atoms with Gasteiger partial charge in [0, 0.05) is 29.4 Å². The lowest BCUT2D eigenvalue weighted by molar-refractivity contribution is -0.121. The fourth-order valence-electron chi connectivity index (χ4n) is 4.32. The number of aromatic amines is 1. The molecule has 0 fully saturated rings. The van der Waals surface area contributed by atoms with Crippen molar-refractivity contribution in [3.05, 3.63) is 107 Å². The summed E-state index contributed by atoms with van der Waals surface area (Å²) in [6.45, 7) is 8.69. The van der Waals surface area contributed by atoms with Gasteiger partial charge in [0.1, 0.15) is 0 Å². The molecular weight excluding hydrogens is 392 g/mol. The summed E-state index contributed by atoms with van der Waals surface area (Å²) in [5, 5.41) is 4.36. The van der Waals surface area contributed by atoms with E-state index in [1.807, 2.05) is 43.3 Å². The van der Waals surface area contributed by atoms with Crippen molar-refractivity contribution < 1.29 is 4.79 Å². The van der Waals surface area contributed by atoms with Crippen LogP contribution in [0.1, 0.15) is 68.3 Å². The van der Waals surface area contributed by atoms with E-state index < -0.39 is 0 Å². The normalized spacial score (nSPS) is 13.6. The molecule has 2 N–H and O–H groups in total. The highest BCUT2D eigenvalue weighted by Crippen LogP contribution is 2.35. The number of amides is 1. The molecule has 0 saturated carbocycles. The molecule has 4 aromatic rings. The molecule has 1 amide bonds. The Morgan fingerprint density at radius 2 is 1.53 bits per heavy atom. The zero-order chi connectivity index (χ0) is 22.7. The Morgan fingerprint density at radius 1 is 0.875 bits per heavy atom. The Morgan fingerprint density at radius 3 is 2.22 bits per heavy atom. The van der Waals surface area contributed by atoms with Crippen LogP contribution in [0.25, 0.3) is 10.9 Å². The molecule has 4 rings (SSSR count). The highest BCUT2D eigenvalue weighted by atomic mass is 16.1. The molecule has 0 aliphatic rings. The van der Waals surface area contributed by atoms with Crippen LogP contribution in [0.5, 0.6) is 0 Å². The number of carbonyl (C=O) groups excluding carboxylic acids is 1. The largest absolute Gasteiger partial charge is 0.361 e. The first-order chi connectivity index (χ1) is 15.3. The third-order valence-corrected chi connectivity index (χ3v) is 6.24. The van der Waals surface area contributed by atoms with Gasteiger partial charge in [-0.2, -0.15) is 0 Å². The summed E-state index contributed by atoms with van der Waals surface area (Å²) in [5.41, 5.74) is 5.91. The summed E-state index contributed by atoms with van der Waals surface area (Å²) in [6.07, 6.45) is 2.45. The minimum Gasteiger partial charge on any atom is -0.361 e. The number of hydrogen-bond donors (Lipinski definition) is 2. The SMILES string of the molecule is C[C@H](NC(=O)C[C@@H](c1ccc(C(C)(C)C)cc1)c1c[nH]c2ccccc12)c1ccccc1. The Kier molecular flexibility index (Phi) is 6.18. The number of hydrogen-bond acceptors (Lipinski definition) is 1. The first-order valence-electron chi connectivity index (χ1n) is 11.3. The van der Waals surface area contributed by atoms with Crippen LogP contribution in [0.3, 0.4) is 0 Å². The van der Waals surface area contributed by atoms with Crippen molar-refractivity contribution in [2.24, 2.45) is 0 Å². The van der Waals surface area contributed by atoms with Crippen LogP contribution in [-0.4, -0.2) is 10.9 Å². The maximum atomic E-state index is 13.1. The van der Waals surface area contributed by atoms with Crippen LogP contribution in [-0.2, 0) is 10.2 Å². The quantitative estimate of drug-likeness (QED) is 0.349. The van der Waals surface area contributed by atoms with Crippen LogP contribution in [0.4, 0.5) is 0 Å². The number of para-hydroxylation sites is 1. The number of fused-ring (bicyclic) bond motifs is 1. The van der Waals surface area contributed by atoms with Crippen LogP contribution < -0.4 is 5.32 Å². The predicted octanol–water partition coefficient (Wildman–Crippen LogP) is 6.86. The lowest BCUT2D eigenvalue weighted by atomic mass is 9.83. The summed E-state index contributed by atoms with van der Waals surface area (Å²) in [7, 11) is 0. The van der Waals surface area contributed by atoms with Crippen LogP contribution in [0.15, 0.2) is 85.1 Å². The van der Waals surface area contributed by atoms with E-state index in [9.17, 15) is 4.79 Å². The van der Waals surface area contributed by atoms with Crippen molar-refractivity contribution in [3.8, 4) is 0 Å². The number of aromatic nitrogens is 1. The van der Waals surface area contributed by atoms with E-state index in [1.165, 1.54) is 10.9 Å². The Bertz CT molecular complexity index is 1180. The number of rotatable bonds is 6. The molecule has 32 heavy (non-hydrogen) atoms. The molecule has 0 aliphatic heterocycles. The van der Waals surface area contributed by atoms with Gasteiger partial charge < -0.3 is 10.3 Å². The third-order valence-electron chi connectivity index (χ3n) is 6.24. The van der Waals surface area contributed by atoms with Gasteiger partial charge in [-0.25, -0.2) is 0 Å². The molecule has 3 nitrogen and oxygen atoms in total. The monoisotopic (exact) mass is 424 g/mol. The zero-order valence-corrected chi connectivity index (χ0v) is 19.4. The van der Waals surface area contributed by atoms with Gasteiger partial charge in [0.25, 0.3) is 0 Å². The van der Waals surface area contributed by atoms with E-state index in [0.717, 1.165) is 22.2 Å². The fourth-order valence-corrected chi connectivity index (χ4v) is 4.32. The van der Waals surface area contributed by atoms with E-state index in [2.05, 4.69) is 79.7 Å². The maximum Gasteiger partial charge on any atom is 0.221 e. The van der Waals surface area contributed by atoms with Gasteiger partial charge in [0.15, 0.2) is 0 Å². The standard InChI is InChI=1S/C29H32N2O/c1-20(21-10-6-5-7-11-21)31-28(32)18-25(22-14-16-23(17-15-22)29(2,3)4)26-19-30-27-13-9-8-12-24(26)27/h5-17,19-20,25,30H,18H2,1-4H3,(H,31,32)/t20-,25-/m0/s1. The number of nitrogens with one attached hydrogen (secondary N) is 2. The van der Waals surface area contributed by atoms with E-state index >= 15 is 0 Å². The molecule has 0 unspecified atom stereocenters. The molecular formula is C29H32N2O. The first kappa shape index (κ1) is 21.9. The molecule has 0 saturated heterocycles. The van der Waals surface area contributed by atoms with Crippen molar-refractivity contribution >= 4 is 16.8 Å². The fraction of sp³-hybridized carbons (Fsp3) is 0.276. The van der Waals surface area contributed by atoms with E-state index in [4.69, 9.17) is 0 Å². The van der Waals surface area contributed by atoms with Gasteiger partial charge in [-0.1, -0.05) is 93.6 Å². The number of carbonyl (C=O) groups is 1. The summed E-state index contributed by atoms with van der Waals surface area (Å²) >= 11 is 0. The topological polar surface area (TPSA) is 44.9 Å². The van der Waals surface area contributed by atoms with Gasteiger partial charge in [0.2, 0.25) is 5.91 Å². The van der Waals surface area contributed by atoms with Crippen molar-refractivity contribution in [1.29, 1.82) is 0 Å². The lowest BCUT2D eigenvalue weighted by Gasteiger charge is -2.22. The van der Waals surface area contributed by atoms with Gasteiger partial charge in [-0.05, 0) is 40.7 Å². The zero-order valence-electron chi connectivity index (χ0n) is 19.4. The second kappa shape index (κ2) is 9.04. The minimum absolute atomic E-state index is 0.0249. The first-order valence-corrected chi connectivity index (χ1v) is 11.3. The Labute approximate surface area is 190 Å². The van der Waals surface area contributed by atoms with E-state index in [0.29, 0.717) is 6.42 Å². The minimum atomic E-state index is -0.0319. The van der Waals surface area contributed by atoms with E-state index in [1.54, 1.807) is 0 Å². The van der Waals surface area contributed by atoms with Crippen LogP contribution in [0, 0.1) is 0 Å². The molecule has 0 radical (unpaired) electrons. The smallest absolute Gasteiger partial charge is 0.221 e. The number of benzene rings is 3. The number of H-pyrrole nitrogens is 1. The van der Waals surface area contributed by atoms with Gasteiger partial charge in [-0.15, -0.1) is 0 Å². The molecule has 0 spiro atoms. The van der Waals surface area contributed by atoms with Crippen LogP contribution in [0.2, 0.25) is 0 Å². The van der Waals surface area contributed by atoms with Crippen molar-refractivity contribution in [2.75, 3.05) is 0 Å². The highest BCUT2D eigenvalue weighted by molar-refractivity contribution is 5.86. The van der Waals surface area contributed by atoms with Crippen molar-refractivity contribution in [1.82, 2.24) is 10.3 Å². The third kappa shape index (κ3) is 4.77. The van der Waals surface area contributed by atoms with Crippen molar-refractivity contribution in [2.45, 2.75) is 51.5 Å². The summed E-state index contributed by atoms with van der Waals surface area (Å²) in [6, 6.07) is 27.1. The van der Waals surface area contributed by atoms with Gasteiger partial charge in [-0.3, -0.25) is 4.79 Å². The molecule has 0 aliphatic carbocycles. The second-order valence-electron chi connectivity index (χ2n) is 9.62. The van der Waals surface area contributed by atoms with Gasteiger partial charge >= 0.3 is 0 Å². The predicted molar refractivity (Wildman–Crippen MR) is 133 cm³/mol. The molecule has 2 atom stereocenters. The Hall–Kier alpha value is -3.33. The molecule has 1 aromatic heterocycles. The van der Waals surface area contributed by atoms with Crippen LogP contribution >= 0.6 is 0 Å². The molecule has 0 bridgehead atoms. The van der Waals surface area contributed by atoms with E-state index in [-0.39, 0.29) is 23.3 Å². The lowest BCUT2D eigenvalue weighted by Crippen LogP contribution is -2.28. The maximum absolute atomic E-state index is 13.1. The molecule has 164 valence electrons. The average molecular weight is 425 g/mol. The molecule has 3 aromatic carbocycles. The summed E-state index contributed by atoms with van der Waals surface area (Å²) in [4.78, 5) is 16.5.